The van der Waals surface area contributed by atoms with Crippen molar-refractivity contribution >= 4 is 16.9 Å². The zero-order valence-corrected chi connectivity index (χ0v) is 18.4. The standard InChI is InChI=1S/C25H29NO5/c1-4-6-7-11-30-22-15-19-18(14-21(22)28-3)23(24(26-19)25(27)29-5-2)17-8-9-20-16(13-17)10-12-31-20/h8-9,13-15,26H,4-7,10-12H2,1-3H3. The summed E-state index contributed by atoms with van der Waals surface area (Å²) in [6, 6.07) is 9.88. The van der Waals surface area contributed by atoms with E-state index in [4.69, 9.17) is 18.9 Å². The van der Waals surface area contributed by atoms with Crippen LogP contribution in [0.3, 0.4) is 0 Å². The zero-order valence-electron chi connectivity index (χ0n) is 18.4. The number of methoxy groups -OCH3 is 1. The fourth-order valence-corrected chi connectivity index (χ4v) is 4.01. The fourth-order valence-electron chi connectivity index (χ4n) is 4.01. The van der Waals surface area contributed by atoms with Crippen molar-refractivity contribution in [1.82, 2.24) is 4.98 Å². The lowest BCUT2D eigenvalue weighted by Crippen LogP contribution is -2.06. The van der Waals surface area contributed by atoms with E-state index in [2.05, 4.69) is 18.0 Å². The van der Waals surface area contributed by atoms with Gasteiger partial charge >= 0.3 is 5.97 Å². The Balaban J connectivity index is 1.82. The third-order valence-electron chi connectivity index (χ3n) is 5.55. The van der Waals surface area contributed by atoms with Crippen LogP contribution in [-0.4, -0.2) is 37.9 Å². The summed E-state index contributed by atoms with van der Waals surface area (Å²) in [5.41, 5.74) is 4.13. The quantitative estimate of drug-likeness (QED) is 0.362. The molecule has 2 aromatic carbocycles. The molecule has 0 fully saturated rings. The Hall–Kier alpha value is -3.15. The van der Waals surface area contributed by atoms with Crippen molar-refractivity contribution in [1.29, 1.82) is 0 Å². The number of H-pyrrole nitrogens is 1. The third kappa shape index (κ3) is 4.20. The van der Waals surface area contributed by atoms with Crippen LogP contribution in [0, 0.1) is 0 Å². The monoisotopic (exact) mass is 423 g/mol. The van der Waals surface area contributed by atoms with E-state index in [9.17, 15) is 4.79 Å². The summed E-state index contributed by atoms with van der Waals surface area (Å²) in [6.07, 6.45) is 4.10. The van der Waals surface area contributed by atoms with Crippen LogP contribution < -0.4 is 14.2 Å². The minimum atomic E-state index is -0.380. The summed E-state index contributed by atoms with van der Waals surface area (Å²) in [7, 11) is 1.63. The summed E-state index contributed by atoms with van der Waals surface area (Å²) in [6.45, 7) is 5.58. The van der Waals surface area contributed by atoms with Crippen LogP contribution in [0.4, 0.5) is 0 Å². The van der Waals surface area contributed by atoms with Gasteiger partial charge in [0.2, 0.25) is 0 Å². The van der Waals surface area contributed by atoms with E-state index in [0.717, 1.165) is 59.0 Å². The molecule has 1 aromatic heterocycles. The molecule has 1 aliphatic rings. The van der Waals surface area contributed by atoms with Crippen molar-refractivity contribution in [2.24, 2.45) is 0 Å². The maximum absolute atomic E-state index is 12.8. The SMILES string of the molecule is CCCCCOc1cc2[nH]c(C(=O)OCC)c(-c3ccc4c(c3)CCO4)c2cc1OC. The second-order valence-corrected chi connectivity index (χ2v) is 7.62. The number of rotatable bonds is 9. The van der Waals surface area contributed by atoms with E-state index in [1.54, 1.807) is 14.0 Å². The number of unbranched alkanes of at least 4 members (excludes halogenated alkanes) is 2. The minimum absolute atomic E-state index is 0.306. The second kappa shape index (κ2) is 9.33. The van der Waals surface area contributed by atoms with Gasteiger partial charge in [-0.3, -0.25) is 0 Å². The Labute approximate surface area is 182 Å². The molecular weight excluding hydrogens is 394 g/mol. The molecule has 1 aliphatic heterocycles. The van der Waals surface area contributed by atoms with Gasteiger partial charge in [-0.1, -0.05) is 25.8 Å². The van der Waals surface area contributed by atoms with Crippen molar-refractivity contribution < 1.29 is 23.7 Å². The maximum Gasteiger partial charge on any atom is 0.355 e. The van der Waals surface area contributed by atoms with Crippen LogP contribution in [0.1, 0.15) is 49.2 Å². The highest BCUT2D eigenvalue weighted by Gasteiger charge is 2.24. The number of aromatic nitrogens is 1. The topological polar surface area (TPSA) is 69.8 Å². The highest BCUT2D eigenvalue weighted by atomic mass is 16.5. The average molecular weight is 424 g/mol. The molecule has 6 heteroatoms. The van der Waals surface area contributed by atoms with Crippen molar-refractivity contribution in [3.8, 4) is 28.4 Å². The number of carbonyl (C=O) groups excluding carboxylic acids is 1. The second-order valence-electron chi connectivity index (χ2n) is 7.62. The highest BCUT2D eigenvalue weighted by molar-refractivity contribution is 6.09. The smallest absolute Gasteiger partial charge is 0.355 e. The molecule has 6 nitrogen and oxygen atoms in total. The van der Waals surface area contributed by atoms with Gasteiger partial charge in [-0.2, -0.15) is 0 Å². The van der Waals surface area contributed by atoms with Gasteiger partial charge in [0.25, 0.3) is 0 Å². The van der Waals surface area contributed by atoms with E-state index in [-0.39, 0.29) is 5.97 Å². The number of hydrogen-bond acceptors (Lipinski definition) is 5. The molecule has 0 unspecified atom stereocenters. The van der Waals surface area contributed by atoms with Crippen LogP contribution >= 0.6 is 0 Å². The first-order valence-electron chi connectivity index (χ1n) is 11.0. The van der Waals surface area contributed by atoms with Crippen LogP contribution in [-0.2, 0) is 11.2 Å². The Morgan fingerprint density at radius 2 is 2.00 bits per heavy atom. The van der Waals surface area contributed by atoms with Crippen molar-refractivity contribution in [2.45, 2.75) is 39.5 Å². The highest BCUT2D eigenvalue weighted by Crippen LogP contribution is 2.41. The average Bonchev–Trinajstić information content (AvgIpc) is 3.39. The lowest BCUT2D eigenvalue weighted by atomic mass is 9.98. The molecule has 164 valence electrons. The summed E-state index contributed by atoms with van der Waals surface area (Å²) in [4.78, 5) is 16.1. The number of benzene rings is 2. The molecule has 0 radical (unpaired) electrons. The molecule has 0 bridgehead atoms. The van der Waals surface area contributed by atoms with E-state index >= 15 is 0 Å². The summed E-state index contributed by atoms with van der Waals surface area (Å²) in [5, 5.41) is 0.889. The molecule has 0 atom stereocenters. The molecule has 0 saturated heterocycles. The Morgan fingerprint density at radius 3 is 2.77 bits per heavy atom. The predicted molar refractivity (Wildman–Crippen MR) is 120 cm³/mol. The van der Waals surface area contributed by atoms with Gasteiger partial charge in [-0.25, -0.2) is 4.79 Å². The van der Waals surface area contributed by atoms with Gasteiger partial charge in [-0.15, -0.1) is 0 Å². The van der Waals surface area contributed by atoms with E-state index in [1.807, 2.05) is 24.3 Å². The summed E-state index contributed by atoms with van der Waals surface area (Å²) < 4.78 is 22.6. The van der Waals surface area contributed by atoms with Crippen LogP contribution in [0.2, 0.25) is 0 Å². The number of carbonyl (C=O) groups is 1. The molecule has 2 heterocycles. The van der Waals surface area contributed by atoms with E-state index < -0.39 is 0 Å². The Bertz CT molecular complexity index is 1090. The third-order valence-corrected chi connectivity index (χ3v) is 5.55. The minimum Gasteiger partial charge on any atom is -0.493 e. The molecule has 0 saturated carbocycles. The summed E-state index contributed by atoms with van der Waals surface area (Å²) in [5.74, 6) is 1.83. The molecule has 0 amide bonds. The number of aromatic amines is 1. The zero-order chi connectivity index (χ0) is 21.8. The lowest BCUT2D eigenvalue weighted by molar-refractivity contribution is 0.0521. The van der Waals surface area contributed by atoms with Crippen LogP contribution in [0.5, 0.6) is 17.2 Å². The first kappa shape index (κ1) is 21.1. The number of ether oxygens (including phenoxy) is 4. The van der Waals surface area contributed by atoms with E-state index in [1.165, 1.54) is 0 Å². The molecular formula is C25H29NO5. The van der Waals surface area contributed by atoms with Gasteiger partial charge < -0.3 is 23.9 Å². The van der Waals surface area contributed by atoms with Gasteiger partial charge in [0, 0.05) is 23.4 Å². The van der Waals surface area contributed by atoms with Gasteiger partial charge in [0.1, 0.15) is 11.4 Å². The Morgan fingerprint density at radius 1 is 1.13 bits per heavy atom. The first-order valence-corrected chi connectivity index (χ1v) is 11.0. The van der Waals surface area contributed by atoms with Crippen molar-refractivity contribution in [2.75, 3.05) is 26.9 Å². The number of esters is 1. The molecule has 1 N–H and O–H groups in total. The van der Waals surface area contributed by atoms with Crippen molar-refractivity contribution in [3.63, 3.8) is 0 Å². The lowest BCUT2D eigenvalue weighted by Gasteiger charge is -2.11. The Kier molecular flexibility index (Phi) is 6.35. The molecule has 31 heavy (non-hydrogen) atoms. The number of nitrogens with one attached hydrogen (secondary N) is 1. The van der Waals surface area contributed by atoms with Gasteiger partial charge in [-0.05, 0) is 42.7 Å². The van der Waals surface area contributed by atoms with Gasteiger partial charge in [0.05, 0.1) is 32.4 Å². The molecule has 0 aliphatic carbocycles. The van der Waals surface area contributed by atoms with Crippen molar-refractivity contribution in [3.05, 3.63) is 41.6 Å². The predicted octanol–water partition coefficient (Wildman–Crippen LogP) is 5.52. The van der Waals surface area contributed by atoms with E-state index in [0.29, 0.717) is 37.0 Å². The molecule has 4 rings (SSSR count). The molecule has 3 aromatic rings. The summed E-state index contributed by atoms with van der Waals surface area (Å²) >= 11 is 0. The first-order chi connectivity index (χ1) is 15.2. The van der Waals surface area contributed by atoms with Crippen LogP contribution in [0.15, 0.2) is 30.3 Å². The van der Waals surface area contributed by atoms with Gasteiger partial charge in [0.15, 0.2) is 11.5 Å². The largest absolute Gasteiger partial charge is 0.493 e. The molecule has 0 spiro atoms. The number of fused-ring (bicyclic) bond motifs is 2. The normalized spacial score (nSPS) is 12.5. The van der Waals surface area contributed by atoms with Crippen LogP contribution in [0.25, 0.3) is 22.0 Å². The fraction of sp³-hybridized carbons (Fsp3) is 0.400. The maximum atomic E-state index is 12.8. The number of hydrogen-bond donors (Lipinski definition) is 1.